The number of nitrogens with one attached hydrogen (secondary N) is 2. The maximum absolute atomic E-state index is 11.3. The molecule has 1 fully saturated rings. The monoisotopic (exact) mass is 275 g/mol. The molecule has 0 aromatic heterocycles. The van der Waals surface area contributed by atoms with Gasteiger partial charge >= 0.3 is 5.97 Å². The minimum absolute atomic E-state index is 0.316. The third kappa shape index (κ3) is 4.26. The first kappa shape index (κ1) is 14.4. The van der Waals surface area contributed by atoms with Gasteiger partial charge in [0.15, 0.2) is 5.96 Å². The molecule has 0 radical (unpaired) electrons. The molecule has 2 rings (SSSR count). The quantitative estimate of drug-likeness (QED) is 0.488. The van der Waals surface area contributed by atoms with Crippen LogP contribution in [0, 0.1) is 0 Å². The van der Waals surface area contributed by atoms with E-state index in [4.69, 9.17) is 0 Å². The summed E-state index contributed by atoms with van der Waals surface area (Å²) in [6.07, 6.45) is 2.44. The van der Waals surface area contributed by atoms with E-state index >= 15 is 0 Å². The van der Waals surface area contributed by atoms with Gasteiger partial charge in [-0.3, -0.25) is 0 Å². The van der Waals surface area contributed by atoms with Gasteiger partial charge in [0.25, 0.3) is 0 Å². The highest BCUT2D eigenvalue weighted by Gasteiger charge is 2.21. The number of guanidine groups is 1. The molecule has 0 unspecified atom stereocenters. The van der Waals surface area contributed by atoms with E-state index in [0.717, 1.165) is 18.1 Å². The molecule has 0 spiro atoms. The van der Waals surface area contributed by atoms with Crippen molar-refractivity contribution in [1.82, 2.24) is 10.6 Å². The van der Waals surface area contributed by atoms with Crippen LogP contribution in [-0.4, -0.2) is 31.6 Å². The molecule has 0 amide bonds. The van der Waals surface area contributed by atoms with Crippen LogP contribution >= 0.6 is 0 Å². The molecule has 1 aliphatic carbocycles. The smallest absolute Gasteiger partial charge is 0.337 e. The van der Waals surface area contributed by atoms with Crippen LogP contribution in [-0.2, 0) is 11.3 Å². The number of methoxy groups -OCH3 is 1. The Labute approximate surface area is 119 Å². The van der Waals surface area contributed by atoms with Gasteiger partial charge in [0.2, 0.25) is 0 Å². The van der Waals surface area contributed by atoms with Crippen LogP contribution in [0.5, 0.6) is 0 Å². The molecule has 1 aliphatic rings. The van der Waals surface area contributed by atoms with Gasteiger partial charge in [-0.1, -0.05) is 12.1 Å². The Morgan fingerprint density at radius 2 is 2.05 bits per heavy atom. The Morgan fingerprint density at radius 1 is 1.35 bits per heavy atom. The molecule has 2 N–H and O–H groups in total. The molecule has 1 aromatic rings. The lowest BCUT2D eigenvalue weighted by molar-refractivity contribution is 0.0600. The molecule has 5 heteroatoms. The highest BCUT2D eigenvalue weighted by molar-refractivity contribution is 5.89. The lowest BCUT2D eigenvalue weighted by atomic mass is 10.1. The second kappa shape index (κ2) is 6.93. The highest BCUT2D eigenvalue weighted by Crippen LogP contribution is 2.18. The standard InChI is InChI=1S/C15H21N3O2/c1-3-16-15(18-13-8-9-13)17-10-11-4-6-12(7-5-11)14(19)20-2/h4-7,13H,3,8-10H2,1-2H3,(H2,16,17,18). The Kier molecular flexibility index (Phi) is 4.98. The van der Waals surface area contributed by atoms with E-state index in [1.54, 1.807) is 12.1 Å². The summed E-state index contributed by atoms with van der Waals surface area (Å²) in [4.78, 5) is 15.9. The number of esters is 1. The number of carbonyl (C=O) groups is 1. The van der Waals surface area contributed by atoms with Crippen LogP contribution in [0.4, 0.5) is 0 Å². The minimum atomic E-state index is -0.316. The molecular formula is C15H21N3O2. The SMILES string of the molecule is CCNC(=NCc1ccc(C(=O)OC)cc1)NC1CC1. The molecule has 108 valence electrons. The molecular weight excluding hydrogens is 254 g/mol. The van der Waals surface area contributed by atoms with E-state index in [-0.39, 0.29) is 5.97 Å². The summed E-state index contributed by atoms with van der Waals surface area (Å²) < 4.78 is 4.67. The van der Waals surface area contributed by atoms with E-state index in [2.05, 4.69) is 27.3 Å². The summed E-state index contributed by atoms with van der Waals surface area (Å²) in [5.41, 5.74) is 1.62. The van der Waals surface area contributed by atoms with Gasteiger partial charge in [-0.25, -0.2) is 9.79 Å². The molecule has 0 atom stereocenters. The molecule has 0 aliphatic heterocycles. The van der Waals surface area contributed by atoms with Gasteiger partial charge in [-0.2, -0.15) is 0 Å². The molecule has 20 heavy (non-hydrogen) atoms. The number of aliphatic imine (C=N–C) groups is 1. The van der Waals surface area contributed by atoms with Gasteiger partial charge in [-0.15, -0.1) is 0 Å². The lowest BCUT2D eigenvalue weighted by Gasteiger charge is -2.10. The second-order valence-electron chi connectivity index (χ2n) is 4.80. The number of rotatable bonds is 5. The first-order chi connectivity index (χ1) is 9.72. The highest BCUT2D eigenvalue weighted by atomic mass is 16.5. The third-order valence-electron chi connectivity index (χ3n) is 3.06. The molecule has 0 heterocycles. The van der Waals surface area contributed by atoms with Crippen LogP contribution in [0.2, 0.25) is 0 Å². The summed E-state index contributed by atoms with van der Waals surface area (Å²) in [7, 11) is 1.38. The summed E-state index contributed by atoms with van der Waals surface area (Å²) in [6.45, 7) is 3.48. The van der Waals surface area contributed by atoms with E-state index in [9.17, 15) is 4.79 Å². The molecule has 5 nitrogen and oxygen atoms in total. The number of ether oxygens (including phenoxy) is 1. The van der Waals surface area contributed by atoms with Crippen LogP contribution in [0.15, 0.2) is 29.3 Å². The van der Waals surface area contributed by atoms with Crippen LogP contribution in [0.3, 0.4) is 0 Å². The first-order valence-electron chi connectivity index (χ1n) is 6.95. The van der Waals surface area contributed by atoms with Crippen LogP contribution in [0.1, 0.15) is 35.7 Å². The normalized spacial score (nSPS) is 14.8. The van der Waals surface area contributed by atoms with Crippen molar-refractivity contribution in [1.29, 1.82) is 0 Å². The molecule has 0 bridgehead atoms. The molecule has 1 saturated carbocycles. The van der Waals surface area contributed by atoms with Crippen LogP contribution < -0.4 is 10.6 Å². The zero-order valence-corrected chi connectivity index (χ0v) is 12.0. The zero-order valence-electron chi connectivity index (χ0n) is 12.0. The minimum Gasteiger partial charge on any atom is -0.465 e. The van der Waals surface area contributed by atoms with Crippen molar-refractivity contribution in [2.45, 2.75) is 32.4 Å². The van der Waals surface area contributed by atoms with Crippen molar-refractivity contribution in [3.05, 3.63) is 35.4 Å². The van der Waals surface area contributed by atoms with Crippen molar-refractivity contribution >= 4 is 11.9 Å². The van der Waals surface area contributed by atoms with Crippen molar-refractivity contribution in [3.8, 4) is 0 Å². The molecule has 1 aromatic carbocycles. The Bertz CT molecular complexity index is 478. The average Bonchev–Trinajstić information content (AvgIpc) is 3.29. The van der Waals surface area contributed by atoms with Gasteiger partial charge in [0, 0.05) is 12.6 Å². The Balaban J connectivity index is 1.95. The van der Waals surface area contributed by atoms with Crippen molar-refractivity contribution in [2.24, 2.45) is 4.99 Å². The molecule has 0 saturated heterocycles. The first-order valence-corrected chi connectivity index (χ1v) is 6.95. The summed E-state index contributed by atoms with van der Waals surface area (Å²) in [5, 5.41) is 6.59. The predicted molar refractivity (Wildman–Crippen MR) is 78.8 cm³/mol. The third-order valence-corrected chi connectivity index (χ3v) is 3.06. The number of hydrogen-bond donors (Lipinski definition) is 2. The zero-order chi connectivity index (χ0) is 14.4. The maximum Gasteiger partial charge on any atom is 0.337 e. The van der Waals surface area contributed by atoms with Crippen molar-refractivity contribution in [3.63, 3.8) is 0 Å². The summed E-state index contributed by atoms with van der Waals surface area (Å²) >= 11 is 0. The number of carbonyl (C=O) groups excluding carboxylic acids is 1. The van der Waals surface area contributed by atoms with Gasteiger partial charge < -0.3 is 15.4 Å². The Morgan fingerprint density at radius 3 is 2.60 bits per heavy atom. The predicted octanol–water partition coefficient (Wildman–Crippen LogP) is 1.69. The van der Waals surface area contributed by atoms with E-state index in [1.165, 1.54) is 20.0 Å². The second-order valence-corrected chi connectivity index (χ2v) is 4.80. The lowest BCUT2D eigenvalue weighted by Crippen LogP contribution is -2.38. The fraction of sp³-hybridized carbons (Fsp3) is 0.467. The average molecular weight is 275 g/mol. The van der Waals surface area contributed by atoms with Crippen LogP contribution in [0.25, 0.3) is 0 Å². The summed E-state index contributed by atoms with van der Waals surface area (Å²) in [6, 6.07) is 7.90. The topological polar surface area (TPSA) is 62.7 Å². The Hall–Kier alpha value is -2.04. The number of benzene rings is 1. The van der Waals surface area contributed by atoms with Crippen molar-refractivity contribution < 1.29 is 9.53 Å². The van der Waals surface area contributed by atoms with Gasteiger partial charge in [0.05, 0.1) is 19.2 Å². The van der Waals surface area contributed by atoms with E-state index in [1.807, 2.05) is 12.1 Å². The van der Waals surface area contributed by atoms with E-state index < -0.39 is 0 Å². The fourth-order valence-electron chi connectivity index (χ4n) is 1.78. The largest absolute Gasteiger partial charge is 0.465 e. The fourth-order valence-corrected chi connectivity index (χ4v) is 1.78. The van der Waals surface area contributed by atoms with Gasteiger partial charge in [-0.05, 0) is 37.5 Å². The summed E-state index contributed by atoms with van der Waals surface area (Å²) in [5.74, 6) is 0.538. The van der Waals surface area contributed by atoms with Crippen molar-refractivity contribution in [2.75, 3.05) is 13.7 Å². The van der Waals surface area contributed by atoms with Gasteiger partial charge in [0.1, 0.15) is 0 Å². The maximum atomic E-state index is 11.3. The number of nitrogens with zero attached hydrogens (tertiary/aromatic N) is 1. The number of hydrogen-bond acceptors (Lipinski definition) is 3. The van der Waals surface area contributed by atoms with E-state index in [0.29, 0.717) is 18.2 Å².